The predicted octanol–water partition coefficient (Wildman–Crippen LogP) is 5.05. The first-order chi connectivity index (χ1) is 14.0. The Morgan fingerprint density at radius 1 is 1.17 bits per heavy atom. The number of hydrazone groups is 1. The first-order valence-corrected chi connectivity index (χ1v) is 9.84. The molecule has 1 aromatic heterocycles. The molecule has 0 aliphatic heterocycles. The molecule has 0 radical (unpaired) electrons. The topological polar surface area (TPSA) is 55.6 Å². The van der Waals surface area contributed by atoms with Crippen LogP contribution in [0.25, 0.3) is 5.69 Å². The van der Waals surface area contributed by atoms with Gasteiger partial charge in [-0.05, 0) is 62.7 Å². The quantitative estimate of drug-likeness (QED) is 0.337. The van der Waals surface area contributed by atoms with E-state index in [1.807, 2.05) is 62.5 Å². The van der Waals surface area contributed by atoms with E-state index in [9.17, 15) is 4.79 Å². The molecule has 0 spiro atoms. The normalized spacial score (nSPS) is 11.0. The summed E-state index contributed by atoms with van der Waals surface area (Å²) >= 11 is 5.90. The third-order valence-electron chi connectivity index (χ3n) is 4.58. The molecule has 0 amide bonds. The van der Waals surface area contributed by atoms with Gasteiger partial charge in [0.05, 0.1) is 24.9 Å². The van der Waals surface area contributed by atoms with E-state index in [0.29, 0.717) is 18.7 Å². The van der Waals surface area contributed by atoms with Crippen LogP contribution in [-0.4, -0.2) is 23.4 Å². The van der Waals surface area contributed by atoms with Crippen LogP contribution in [0.1, 0.15) is 39.8 Å². The minimum Gasteiger partial charge on any atom is -0.462 e. The average Bonchev–Trinajstić information content (AvgIpc) is 3.00. The molecular weight excluding hydrogens is 386 g/mol. The second-order valence-corrected chi connectivity index (χ2v) is 7.09. The van der Waals surface area contributed by atoms with E-state index in [2.05, 4.69) is 21.2 Å². The van der Waals surface area contributed by atoms with Gasteiger partial charge in [-0.2, -0.15) is 5.10 Å². The summed E-state index contributed by atoms with van der Waals surface area (Å²) in [5, 5.41) is 5.06. The van der Waals surface area contributed by atoms with E-state index >= 15 is 0 Å². The molecule has 0 saturated carbocycles. The summed E-state index contributed by atoms with van der Waals surface area (Å²) in [5.41, 5.74) is 8.73. The lowest BCUT2D eigenvalue weighted by atomic mass is 10.2. The standard InChI is InChI=1S/C23H24ClN3O2/c1-4-29-23(28)19-6-5-7-22(13-19)27-16(2)12-20(17(27)3)15-26-25-14-18-8-10-21(24)11-9-18/h5-13,15,25H,4,14H2,1-3H3/b26-15-. The number of benzene rings is 2. The minimum atomic E-state index is -0.315. The van der Waals surface area contributed by atoms with Crippen LogP contribution in [-0.2, 0) is 11.3 Å². The second-order valence-electron chi connectivity index (χ2n) is 6.65. The summed E-state index contributed by atoms with van der Waals surface area (Å²) in [5.74, 6) is -0.315. The van der Waals surface area contributed by atoms with Crippen molar-refractivity contribution in [1.82, 2.24) is 9.99 Å². The fourth-order valence-corrected chi connectivity index (χ4v) is 3.28. The van der Waals surface area contributed by atoms with Crippen molar-refractivity contribution in [2.45, 2.75) is 27.3 Å². The maximum Gasteiger partial charge on any atom is 0.338 e. The van der Waals surface area contributed by atoms with Crippen LogP contribution in [0, 0.1) is 13.8 Å². The average molecular weight is 410 g/mol. The van der Waals surface area contributed by atoms with Gasteiger partial charge in [0.2, 0.25) is 0 Å². The molecule has 0 unspecified atom stereocenters. The van der Waals surface area contributed by atoms with Crippen molar-refractivity contribution in [2.24, 2.45) is 5.10 Å². The number of aromatic nitrogens is 1. The van der Waals surface area contributed by atoms with Crippen LogP contribution in [0.4, 0.5) is 0 Å². The van der Waals surface area contributed by atoms with Crippen molar-refractivity contribution in [3.8, 4) is 5.69 Å². The number of esters is 1. The van der Waals surface area contributed by atoms with Gasteiger partial charge in [-0.25, -0.2) is 4.79 Å². The smallest absolute Gasteiger partial charge is 0.338 e. The highest BCUT2D eigenvalue weighted by atomic mass is 35.5. The van der Waals surface area contributed by atoms with Crippen LogP contribution in [0.3, 0.4) is 0 Å². The van der Waals surface area contributed by atoms with Crippen molar-refractivity contribution in [2.75, 3.05) is 6.61 Å². The summed E-state index contributed by atoms with van der Waals surface area (Å²) in [4.78, 5) is 12.0. The molecule has 29 heavy (non-hydrogen) atoms. The molecule has 0 atom stereocenters. The number of carbonyl (C=O) groups excluding carboxylic acids is 1. The largest absolute Gasteiger partial charge is 0.462 e. The zero-order valence-electron chi connectivity index (χ0n) is 16.8. The first-order valence-electron chi connectivity index (χ1n) is 9.46. The lowest BCUT2D eigenvalue weighted by Gasteiger charge is -2.11. The van der Waals surface area contributed by atoms with E-state index in [-0.39, 0.29) is 5.97 Å². The van der Waals surface area contributed by atoms with E-state index in [1.165, 1.54) is 0 Å². The van der Waals surface area contributed by atoms with Gasteiger partial charge in [-0.3, -0.25) is 0 Å². The van der Waals surface area contributed by atoms with E-state index in [4.69, 9.17) is 16.3 Å². The second kappa shape index (κ2) is 9.43. The fourth-order valence-electron chi connectivity index (χ4n) is 3.16. The molecular formula is C23H24ClN3O2. The highest BCUT2D eigenvalue weighted by molar-refractivity contribution is 6.30. The van der Waals surface area contributed by atoms with Gasteiger partial charge in [-0.15, -0.1) is 0 Å². The Hall–Kier alpha value is -3.05. The Morgan fingerprint density at radius 3 is 2.66 bits per heavy atom. The monoisotopic (exact) mass is 409 g/mol. The van der Waals surface area contributed by atoms with Crippen molar-refractivity contribution in [3.63, 3.8) is 0 Å². The van der Waals surface area contributed by atoms with Gasteiger partial charge in [0.1, 0.15) is 0 Å². The first kappa shape index (κ1) is 20.7. The van der Waals surface area contributed by atoms with E-state index < -0.39 is 0 Å². The summed E-state index contributed by atoms with van der Waals surface area (Å²) < 4.78 is 7.21. The van der Waals surface area contributed by atoms with Crippen molar-refractivity contribution >= 4 is 23.8 Å². The molecule has 2 aromatic carbocycles. The Labute approximate surface area is 176 Å². The summed E-state index contributed by atoms with van der Waals surface area (Å²) in [6.45, 7) is 6.84. The number of ether oxygens (including phenoxy) is 1. The number of hydrogen-bond acceptors (Lipinski definition) is 4. The van der Waals surface area contributed by atoms with Gasteiger partial charge >= 0.3 is 5.97 Å². The van der Waals surface area contributed by atoms with Gasteiger partial charge in [0.15, 0.2) is 0 Å². The molecule has 3 aromatic rings. The van der Waals surface area contributed by atoms with Gasteiger partial charge in [0, 0.05) is 27.7 Å². The number of halogens is 1. The molecule has 5 nitrogen and oxygen atoms in total. The molecule has 0 bridgehead atoms. The predicted molar refractivity (Wildman–Crippen MR) is 117 cm³/mol. The minimum absolute atomic E-state index is 0.315. The Morgan fingerprint density at radius 2 is 1.93 bits per heavy atom. The molecule has 150 valence electrons. The zero-order chi connectivity index (χ0) is 20.8. The van der Waals surface area contributed by atoms with E-state index in [0.717, 1.165) is 33.2 Å². The molecule has 1 heterocycles. The lowest BCUT2D eigenvalue weighted by Crippen LogP contribution is -2.07. The summed E-state index contributed by atoms with van der Waals surface area (Å²) in [6.07, 6.45) is 1.81. The molecule has 0 saturated heterocycles. The van der Waals surface area contributed by atoms with E-state index in [1.54, 1.807) is 13.0 Å². The van der Waals surface area contributed by atoms with Gasteiger partial charge in [-0.1, -0.05) is 29.8 Å². The number of nitrogens with one attached hydrogen (secondary N) is 1. The summed E-state index contributed by atoms with van der Waals surface area (Å²) in [6, 6.07) is 17.2. The maximum atomic E-state index is 12.0. The Bertz CT molecular complexity index is 1020. The number of rotatable bonds is 7. The highest BCUT2D eigenvalue weighted by Crippen LogP contribution is 2.21. The molecule has 0 fully saturated rings. The van der Waals surface area contributed by atoms with Crippen molar-refractivity contribution < 1.29 is 9.53 Å². The van der Waals surface area contributed by atoms with Gasteiger partial charge in [0.25, 0.3) is 0 Å². The number of nitrogens with zero attached hydrogens (tertiary/aromatic N) is 2. The molecule has 6 heteroatoms. The molecule has 0 aliphatic carbocycles. The number of carbonyl (C=O) groups is 1. The SMILES string of the molecule is CCOC(=O)c1cccc(-n2c(C)cc(/C=N\NCc3ccc(Cl)cc3)c2C)c1. The summed E-state index contributed by atoms with van der Waals surface area (Å²) in [7, 11) is 0. The molecule has 3 rings (SSSR count). The number of hydrogen-bond donors (Lipinski definition) is 1. The molecule has 0 aliphatic rings. The number of aryl methyl sites for hydroxylation is 1. The van der Waals surface area contributed by atoms with Crippen LogP contribution >= 0.6 is 11.6 Å². The third-order valence-corrected chi connectivity index (χ3v) is 4.83. The van der Waals surface area contributed by atoms with Crippen LogP contribution in [0.2, 0.25) is 5.02 Å². The van der Waals surface area contributed by atoms with Crippen LogP contribution in [0.15, 0.2) is 59.7 Å². The lowest BCUT2D eigenvalue weighted by molar-refractivity contribution is 0.0526. The molecule has 1 N–H and O–H groups in total. The van der Waals surface area contributed by atoms with Crippen molar-refractivity contribution in [1.29, 1.82) is 0 Å². The highest BCUT2D eigenvalue weighted by Gasteiger charge is 2.12. The van der Waals surface area contributed by atoms with Crippen LogP contribution in [0.5, 0.6) is 0 Å². The fraction of sp³-hybridized carbons (Fsp3) is 0.217. The Kier molecular flexibility index (Phi) is 6.73. The maximum absolute atomic E-state index is 12.0. The third kappa shape index (κ3) is 5.06. The van der Waals surface area contributed by atoms with Crippen molar-refractivity contribution in [3.05, 3.63) is 87.7 Å². The Balaban J connectivity index is 1.75. The zero-order valence-corrected chi connectivity index (χ0v) is 17.5. The van der Waals surface area contributed by atoms with Gasteiger partial charge < -0.3 is 14.7 Å². The van der Waals surface area contributed by atoms with Crippen LogP contribution < -0.4 is 5.43 Å².